The fourth-order valence-electron chi connectivity index (χ4n) is 2.73. The molecule has 0 bridgehead atoms. The molecule has 0 aromatic heterocycles. The van der Waals surface area contributed by atoms with Gasteiger partial charge in [0.15, 0.2) is 0 Å². The zero-order valence-corrected chi connectivity index (χ0v) is 12.2. The van der Waals surface area contributed by atoms with Gasteiger partial charge in [-0.3, -0.25) is 0 Å². The summed E-state index contributed by atoms with van der Waals surface area (Å²) in [6.07, 6.45) is 2.19. The van der Waals surface area contributed by atoms with Crippen molar-refractivity contribution in [3.8, 4) is 5.75 Å². The molecule has 110 valence electrons. The highest BCUT2D eigenvalue weighted by molar-refractivity contribution is 6.31. The first-order valence-electron chi connectivity index (χ1n) is 7.02. The minimum absolute atomic E-state index is 0.211. The minimum atomic E-state index is -0.421. The lowest BCUT2D eigenvalue weighted by Crippen LogP contribution is -2.11. The van der Waals surface area contributed by atoms with E-state index in [4.69, 9.17) is 16.3 Å². The summed E-state index contributed by atoms with van der Waals surface area (Å²) in [5, 5.41) is 10.5. The fourth-order valence-corrected chi connectivity index (χ4v) is 2.91. The Hall–Kier alpha value is -1.58. The Kier molecular flexibility index (Phi) is 4.13. The summed E-state index contributed by atoms with van der Waals surface area (Å²) in [5.41, 5.74) is 2.60. The molecule has 0 saturated heterocycles. The summed E-state index contributed by atoms with van der Waals surface area (Å²) in [4.78, 5) is 0. The molecular weight excluding hydrogens is 291 g/mol. The summed E-state index contributed by atoms with van der Waals surface area (Å²) in [5.74, 6) is 0.412. The Morgan fingerprint density at radius 3 is 3.00 bits per heavy atom. The molecule has 1 unspecified atom stereocenters. The van der Waals surface area contributed by atoms with Crippen LogP contribution in [0, 0.1) is 5.82 Å². The maximum Gasteiger partial charge on any atom is 0.123 e. The van der Waals surface area contributed by atoms with E-state index in [-0.39, 0.29) is 12.4 Å². The van der Waals surface area contributed by atoms with E-state index in [9.17, 15) is 9.50 Å². The van der Waals surface area contributed by atoms with Crippen LogP contribution in [0.3, 0.4) is 0 Å². The van der Waals surface area contributed by atoms with Crippen LogP contribution in [0.5, 0.6) is 5.75 Å². The lowest BCUT2D eigenvalue weighted by Gasteiger charge is -2.23. The van der Waals surface area contributed by atoms with Gasteiger partial charge in [0.2, 0.25) is 0 Å². The molecule has 0 saturated carbocycles. The van der Waals surface area contributed by atoms with Gasteiger partial charge < -0.3 is 9.84 Å². The second-order valence-electron chi connectivity index (χ2n) is 5.26. The predicted octanol–water partition coefficient (Wildman–Crippen LogP) is 4.43. The van der Waals surface area contributed by atoms with Gasteiger partial charge in [-0.05, 0) is 54.7 Å². The Morgan fingerprint density at radius 2 is 2.14 bits per heavy atom. The van der Waals surface area contributed by atoms with E-state index in [1.165, 1.54) is 18.2 Å². The summed E-state index contributed by atoms with van der Waals surface area (Å²) < 4.78 is 19.1. The average Bonchev–Trinajstić information content (AvgIpc) is 2.49. The van der Waals surface area contributed by atoms with Crippen molar-refractivity contribution in [1.82, 2.24) is 0 Å². The zero-order chi connectivity index (χ0) is 14.8. The van der Waals surface area contributed by atoms with Crippen LogP contribution in [0.2, 0.25) is 5.02 Å². The molecule has 0 heterocycles. The monoisotopic (exact) mass is 306 g/mol. The van der Waals surface area contributed by atoms with Gasteiger partial charge in [0.25, 0.3) is 0 Å². The maximum atomic E-state index is 13.3. The normalized spacial score (nSPS) is 17.4. The Labute approximate surface area is 128 Å². The number of benzene rings is 2. The number of aliphatic hydroxyl groups is 1. The third-order valence-electron chi connectivity index (χ3n) is 3.82. The second kappa shape index (κ2) is 6.04. The zero-order valence-electron chi connectivity index (χ0n) is 11.5. The highest BCUT2D eigenvalue weighted by Gasteiger charge is 2.20. The Bertz CT molecular complexity index is 657. The minimum Gasteiger partial charge on any atom is -0.489 e. The van der Waals surface area contributed by atoms with Gasteiger partial charge in [-0.15, -0.1) is 0 Å². The van der Waals surface area contributed by atoms with Crippen LogP contribution in [0.4, 0.5) is 4.39 Å². The molecule has 0 radical (unpaired) electrons. The second-order valence-corrected chi connectivity index (χ2v) is 5.66. The van der Waals surface area contributed by atoms with Crippen molar-refractivity contribution in [1.29, 1.82) is 0 Å². The van der Waals surface area contributed by atoms with Crippen molar-refractivity contribution in [3.63, 3.8) is 0 Å². The molecule has 0 amide bonds. The van der Waals surface area contributed by atoms with Crippen LogP contribution >= 0.6 is 11.6 Å². The molecule has 21 heavy (non-hydrogen) atoms. The van der Waals surface area contributed by atoms with Crippen LogP contribution in [-0.4, -0.2) is 5.11 Å². The SMILES string of the molecule is OC1CCCc2c(OCc3cc(F)ccc3Cl)cccc21. The van der Waals surface area contributed by atoms with Crippen LogP contribution in [0.25, 0.3) is 0 Å². The van der Waals surface area contributed by atoms with E-state index >= 15 is 0 Å². The van der Waals surface area contributed by atoms with Crippen LogP contribution in [0.1, 0.15) is 35.6 Å². The van der Waals surface area contributed by atoms with E-state index in [1.54, 1.807) is 0 Å². The molecule has 2 aromatic carbocycles. The van der Waals surface area contributed by atoms with Gasteiger partial charge in [0.05, 0.1) is 6.10 Å². The van der Waals surface area contributed by atoms with Crippen LogP contribution in [0.15, 0.2) is 36.4 Å². The lowest BCUT2D eigenvalue weighted by molar-refractivity contribution is 0.155. The standard InChI is InChI=1S/C17H16ClFO2/c18-15-8-7-12(19)9-11(15)10-21-17-6-2-3-13-14(17)4-1-5-16(13)20/h2-3,6-9,16,20H,1,4-5,10H2. The molecule has 1 aliphatic rings. The smallest absolute Gasteiger partial charge is 0.123 e. The molecule has 1 aliphatic carbocycles. The first kappa shape index (κ1) is 14.4. The maximum absolute atomic E-state index is 13.3. The van der Waals surface area contributed by atoms with Crippen molar-refractivity contribution in [2.45, 2.75) is 32.0 Å². The van der Waals surface area contributed by atoms with Crippen LogP contribution < -0.4 is 4.74 Å². The summed E-state index contributed by atoms with van der Waals surface area (Å²) >= 11 is 6.04. The molecule has 1 N–H and O–H groups in total. The van der Waals surface area contributed by atoms with Gasteiger partial charge >= 0.3 is 0 Å². The summed E-state index contributed by atoms with van der Waals surface area (Å²) in [6.45, 7) is 0.211. The van der Waals surface area contributed by atoms with E-state index in [0.717, 1.165) is 36.1 Å². The van der Waals surface area contributed by atoms with Crippen molar-refractivity contribution < 1.29 is 14.2 Å². The average molecular weight is 307 g/mol. The van der Waals surface area contributed by atoms with Gasteiger partial charge in [-0.25, -0.2) is 4.39 Å². The first-order valence-corrected chi connectivity index (χ1v) is 7.39. The number of rotatable bonds is 3. The number of halogens is 2. The number of ether oxygens (including phenoxy) is 1. The topological polar surface area (TPSA) is 29.5 Å². The number of fused-ring (bicyclic) bond motifs is 1. The summed E-state index contributed by atoms with van der Waals surface area (Å²) in [7, 11) is 0. The van der Waals surface area contributed by atoms with Crippen molar-refractivity contribution in [2.75, 3.05) is 0 Å². The quantitative estimate of drug-likeness (QED) is 0.909. The largest absolute Gasteiger partial charge is 0.489 e. The Morgan fingerprint density at radius 1 is 1.29 bits per heavy atom. The predicted molar refractivity (Wildman–Crippen MR) is 80.1 cm³/mol. The van der Waals surface area contributed by atoms with Gasteiger partial charge in [-0.1, -0.05) is 23.7 Å². The first-order chi connectivity index (χ1) is 10.1. The van der Waals surface area contributed by atoms with Crippen molar-refractivity contribution >= 4 is 11.6 Å². The molecule has 0 fully saturated rings. The van der Waals surface area contributed by atoms with Gasteiger partial charge in [0.1, 0.15) is 18.2 Å². The molecule has 4 heteroatoms. The van der Waals surface area contributed by atoms with Gasteiger partial charge in [-0.2, -0.15) is 0 Å². The van der Waals surface area contributed by atoms with Crippen molar-refractivity contribution in [3.05, 3.63) is 63.9 Å². The fraction of sp³-hybridized carbons (Fsp3) is 0.294. The van der Waals surface area contributed by atoms with E-state index in [2.05, 4.69) is 0 Å². The molecule has 2 nitrogen and oxygen atoms in total. The van der Waals surface area contributed by atoms with Crippen LogP contribution in [-0.2, 0) is 13.0 Å². The lowest BCUT2D eigenvalue weighted by atomic mass is 9.89. The number of aliphatic hydroxyl groups excluding tert-OH is 1. The number of hydrogen-bond donors (Lipinski definition) is 1. The highest BCUT2D eigenvalue weighted by Crippen LogP contribution is 2.35. The third kappa shape index (κ3) is 3.04. The van der Waals surface area contributed by atoms with Crippen molar-refractivity contribution in [2.24, 2.45) is 0 Å². The molecular formula is C17H16ClFO2. The number of hydrogen-bond acceptors (Lipinski definition) is 2. The van der Waals surface area contributed by atoms with E-state index in [0.29, 0.717) is 10.6 Å². The molecule has 2 aromatic rings. The molecule has 1 atom stereocenters. The third-order valence-corrected chi connectivity index (χ3v) is 4.19. The Balaban J connectivity index is 1.83. The molecule has 0 spiro atoms. The van der Waals surface area contributed by atoms with E-state index in [1.807, 2.05) is 18.2 Å². The summed E-state index contributed by atoms with van der Waals surface area (Å²) in [6, 6.07) is 9.92. The molecule has 0 aliphatic heterocycles. The molecule has 3 rings (SSSR count). The van der Waals surface area contributed by atoms with Gasteiger partial charge in [0, 0.05) is 10.6 Å². The highest BCUT2D eigenvalue weighted by atomic mass is 35.5. The van der Waals surface area contributed by atoms with E-state index < -0.39 is 6.10 Å².